The van der Waals surface area contributed by atoms with Crippen molar-refractivity contribution in [2.75, 3.05) is 32.7 Å². The number of rotatable bonds is 3. The summed E-state index contributed by atoms with van der Waals surface area (Å²) in [7, 11) is 0. The highest BCUT2D eigenvalue weighted by atomic mass is 19.1. The smallest absolute Gasteiger partial charge is 0.242 e. The van der Waals surface area contributed by atoms with Gasteiger partial charge in [-0.25, -0.2) is 4.39 Å². The zero-order chi connectivity index (χ0) is 17.6. The summed E-state index contributed by atoms with van der Waals surface area (Å²) in [4.78, 5) is 28.7. The fraction of sp³-hybridized carbons (Fsp3) is 0.579. The average Bonchev–Trinajstić information content (AvgIpc) is 2.61. The highest BCUT2D eigenvalue weighted by molar-refractivity contribution is 5.85. The molecular weight excluding hydrogens is 321 g/mol. The van der Waals surface area contributed by atoms with Crippen molar-refractivity contribution in [3.8, 4) is 0 Å². The van der Waals surface area contributed by atoms with Gasteiger partial charge in [-0.1, -0.05) is 25.0 Å². The third kappa shape index (κ3) is 4.57. The van der Waals surface area contributed by atoms with Crippen molar-refractivity contribution < 1.29 is 14.0 Å². The summed E-state index contributed by atoms with van der Waals surface area (Å²) in [6.45, 7) is 2.67. The standard InChI is InChI=1S/C19H26FN3O2/c20-16-7-5-6-15(12-16)17-13-21-9-11-23(17)19(25)14-22-10-4-2-1-3-8-18(22)24/h5-7,12,17,21H,1-4,8-11,13-14H2. The van der Waals surface area contributed by atoms with Crippen molar-refractivity contribution in [2.45, 2.75) is 38.1 Å². The van der Waals surface area contributed by atoms with Crippen LogP contribution in [0.2, 0.25) is 0 Å². The van der Waals surface area contributed by atoms with Crippen molar-refractivity contribution in [2.24, 2.45) is 0 Å². The molecule has 1 unspecified atom stereocenters. The summed E-state index contributed by atoms with van der Waals surface area (Å²) in [6.07, 6.45) is 4.59. The van der Waals surface area contributed by atoms with E-state index < -0.39 is 0 Å². The molecule has 136 valence electrons. The second kappa shape index (κ2) is 8.43. The predicted molar refractivity (Wildman–Crippen MR) is 93.4 cm³/mol. The predicted octanol–water partition coefficient (Wildman–Crippen LogP) is 2.09. The Balaban J connectivity index is 1.71. The fourth-order valence-corrected chi connectivity index (χ4v) is 3.65. The minimum Gasteiger partial charge on any atom is -0.333 e. The SMILES string of the molecule is O=C1CCCCCCN1CC(=O)N1CCNCC1c1cccc(F)c1. The largest absolute Gasteiger partial charge is 0.333 e. The topological polar surface area (TPSA) is 52.7 Å². The van der Waals surface area contributed by atoms with Gasteiger partial charge in [0.25, 0.3) is 0 Å². The molecule has 1 N–H and O–H groups in total. The van der Waals surface area contributed by atoms with Gasteiger partial charge < -0.3 is 15.1 Å². The summed E-state index contributed by atoms with van der Waals surface area (Å²) in [5.41, 5.74) is 0.791. The van der Waals surface area contributed by atoms with Gasteiger partial charge in [-0.3, -0.25) is 9.59 Å². The van der Waals surface area contributed by atoms with Crippen LogP contribution in [0.15, 0.2) is 24.3 Å². The normalized spacial score (nSPS) is 22.4. The van der Waals surface area contributed by atoms with E-state index in [4.69, 9.17) is 0 Å². The first kappa shape index (κ1) is 17.9. The van der Waals surface area contributed by atoms with Crippen molar-refractivity contribution >= 4 is 11.8 Å². The molecule has 0 aromatic heterocycles. The Labute approximate surface area is 148 Å². The fourth-order valence-electron chi connectivity index (χ4n) is 3.65. The maximum atomic E-state index is 13.6. The summed E-state index contributed by atoms with van der Waals surface area (Å²) >= 11 is 0. The molecule has 6 heteroatoms. The van der Waals surface area contributed by atoms with Crippen molar-refractivity contribution in [1.29, 1.82) is 0 Å². The number of likely N-dealkylation sites (tertiary alicyclic amines) is 1. The number of nitrogens with one attached hydrogen (secondary N) is 1. The molecule has 2 amide bonds. The van der Waals surface area contributed by atoms with E-state index in [1.54, 1.807) is 15.9 Å². The maximum Gasteiger partial charge on any atom is 0.242 e. The molecule has 0 saturated carbocycles. The van der Waals surface area contributed by atoms with Crippen LogP contribution in [-0.2, 0) is 9.59 Å². The number of carbonyl (C=O) groups is 2. The highest BCUT2D eigenvalue weighted by Gasteiger charge is 2.30. The number of carbonyl (C=O) groups excluding carboxylic acids is 2. The Bertz CT molecular complexity index is 622. The number of piperazine rings is 1. The van der Waals surface area contributed by atoms with E-state index in [1.165, 1.54) is 12.1 Å². The molecule has 3 rings (SSSR count). The Morgan fingerprint density at radius 1 is 1.20 bits per heavy atom. The van der Waals surface area contributed by atoms with Crippen LogP contribution in [0.25, 0.3) is 0 Å². The highest BCUT2D eigenvalue weighted by Crippen LogP contribution is 2.23. The van der Waals surface area contributed by atoms with E-state index in [0.29, 0.717) is 32.6 Å². The van der Waals surface area contributed by atoms with Gasteiger partial charge in [0.2, 0.25) is 11.8 Å². The zero-order valence-corrected chi connectivity index (χ0v) is 14.5. The first-order chi connectivity index (χ1) is 12.1. The Kier molecular flexibility index (Phi) is 6.02. The third-order valence-electron chi connectivity index (χ3n) is 5.04. The summed E-state index contributed by atoms with van der Waals surface area (Å²) in [5, 5.41) is 3.27. The van der Waals surface area contributed by atoms with Crippen LogP contribution in [-0.4, -0.2) is 54.3 Å². The molecule has 2 heterocycles. The van der Waals surface area contributed by atoms with Gasteiger partial charge in [0.1, 0.15) is 5.82 Å². The molecule has 0 radical (unpaired) electrons. The second-order valence-electron chi connectivity index (χ2n) is 6.84. The second-order valence-corrected chi connectivity index (χ2v) is 6.84. The van der Waals surface area contributed by atoms with Crippen LogP contribution >= 0.6 is 0 Å². The van der Waals surface area contributed by atoms with Crippen LogP contribution in [0, 0.1) is 5.82 Å². The number of amides is 2. The lowest BCUT2D eigenvalue weighted by Crippen LogP contribution is -2.52. The van der Waals surface area contributed by atoms with Crippen LogP contribution < -0.4 is 5.32 Å². The van der Waals surface area contributed by atoms with Crippen molar-refractivity contribution in [3.05, 3.63) is 35.6 Å². The summed E-state index contributed by atoms with van der Waals surface area (Å²) < 4.78 is 13.6. The zero-order valence-electron chi connectivity index (χ0n) is 14.5. The monoisotopic (exact) mass is 347 g/mol. The molecule has 1 atom stereocenters. The average molecular weight is 347 g/mol. The molecule has 2 saturated heterocycles. The molecule has 5 nitrogen and oxygen atoms in total. The van der Waals surface area contributed by atoms with E-state index in [-0.39, 0.29) is 30.2 Å². The molecule has 0 aliphatic carbocycles. The van der Waals surface area contributed by atoms with Gasteiger partial charge in [0.15, 0.2) is 0 Å². The van der Waals surface area contributed by atoms with Crippen LogP contribution in [0.3, 0.4) is 0 Å². The number of nitrogens with zero attached hydrogens (tertiary/aromatic N) is 2. The Hall–Kier alpha value is -1.95. The van der Waals surface area contributed by atoms with E-state index in [9.17, 15) is 14.0 Å². The minimum atomic E-state index is -0.297. The summed E-state index contributed by atoms with van der Waals surface area (Å²) in [6, 6.07) is 6.22. The third-order valence-corrected chi connectivity index (χ3v) is 5.04. The molecule has 2 fully saturated rings. The van der Waals surface area contributed by atoms with Crippen molar-refractivity contribution in [3.63, 3.8) is 0 Å². The molecule has 1 aromatic carbocycles. The minimum absolute atomic E-state index is 0.0512. The molecule has 2 aliphatic rings. The van der Waals surface area contributed by atoms with E-state index in [0.717, 1.165) is 31.2 Å². The molecule has 0 spiro atoms. The van der Waals surface area contributed by atoms with E-state index in [2.05, 4.69) is 5.32 Å². The molecule has 2 aliphatic heterocycles. The van der Waals surface area contributed by atoms with E-state index in [1.807, 2.05) is 6.07 Å². The van der Waals surface area contributed by atoms with Gasteiger partial charge >= 0.3 is 0 Å². The first-order valence-corrected chi connectivity index (χ1v) is 9.18. The molecule has 25 heavy (non-hydrogen) atoms. The van der Waals surface area contributed by atoms with Gasteiger partial charge in [0, 0.05) is 32.6 Å². The van der Waals surface area contributed by atoms with Crippen LogP contribution in [0.5, 0.6) is 0 Å². The van der Waals surface area contributed by atoms with Crippen LogP contribution in [0.4, 0.5) is 4.39 Å². The quantitative estimate of drug-likeness (QED) is 0.911. The Morgan fingerprint density at radius 3 is 2.88 bits per heavy atom. The summed E-state index contributed by atoms with van der Waals surface area (Å²) in [5.74, 6) is -0.274. The van der Waals surface area contributed by atoms with Crippen molar-refractivity contribution in [1.82, 2.24) is 15.1 Å². The lowest BCUT2D eigenvalue weighted by Gasteiger charge is -2.38. The van der Waals surface area contributed by atoms with E-state index >= 15 is 0 Å². The van der Waals surface area contributed by atoms with Gasteiger partial charge in [-0.05, 0) is 30.5 Å². The molecular formula is C19H26FN3O2. The van der Waals surface area contributed by atoms with Gasteiger partial charge in [-0.15, -0.1) is 0 Å². The number of hydrogen-bond acceptors (Lipinski definition) is 3. The number of hydrogen-bond donors (Lipinski definition) is 1. The lowest BCUT2D eigenvalue weighted by molar-refractivity contribution is -0.143. The van der Waals surface area contributed by atoms with Crippen LogP contribution in [0.1, 0.15) is 43.7 Å². The Morgan fingerprint density at radius 2 is 2.04 bits per heavy atom. The van der Waals surface area contributed by atoms with Gasteiger partial charge in [0.05, 0.1) is 12.6 Å². The first-order valence-electron chi connectivity index (χ1n) is 9.18. The molecule has 1 aromatic rings. The maximum absolute atomic E-state index is 13.6. The lowest BCUT2D eigenvalue weighted by atomic mass is 10.0. The molecule has 0 bridgehead atoms. The van der Waals surface area contributed by atoms with Gasteiger partial charge in [-0.2, -0.15) is 0 Å². The number of halogens is 1. The number of benzene rings is 1.